The largest absolute Gasteiger partial charge is 0.353 e. The smallest absolute Gasteiger partial charge is 0.274 e. The molecule has 1 amide bonds. The van der Waals surface area contributed by atoms with Gasteiger partial charge < -0.3 is 9.47 Å². The first-order chi connectivity index (χ1) is 13.0. The van der Waals surface area contributed by atoms with Crippen molar-refractivity contribution in [3.8, 4) is 0 Å². The Morgan fingerprint density at radius 1 is 1.19 bits per heavy atom. The zero-order valence-electron chi connectivity index (χ0n) is 15.8. The van der Waals surface area contributed by atoms with Gasteiger partial charge in [0.25, 0.3) is 5.91 Å². The first-order valence-electron chi connectivity index (χ1n) is 9.47. The lowest BCUT2D eigenvalue weighted by atomic mass is 9.95. The van der Waals surface area contributed by atoms with Gasteiger partial charge in [-0.25, -0.2) is 4.98 Å². The van der Waals surface area contributed by atoms with E-state index in [1.165, 1.54) is 0 Å². The van der Waals surface area contributed by atoms with Crippen LogP contribution in [-0.4, -0.2) is 61.7 Å². The monoisotopic (exact) mass is 367 g/mol. The number of amides is 1. The molecule has 2 bridgehead atoms. The molecule has 3 saturated heterocycles. The van der Waals surface area contributed by atoms with Crippen LogP contribution in [0.2, 0.25) is 0 Å². The summed E-state index contributed by atoms with van der Waals surface area (Å²) in [7, 11) is 1.99. The number of hydrogen-bond acceptors (Lipinski definition) is 5. The van der Waals surface area contributed by atoms with Crippen molar-refractivity contribution in [2.75, 3.05) is 19.6 Å². The summed E-state index contributed by atoms with van der Waals surface area (Å²) in [5, 5.41) is 0. The molecule has 2 aromatic rings. The highest BCUT2D eigenvalue weighted by Crippen LogP contribution is 2.30. The van der Waals surface area contributed by atoms with E-state index in [1.807, 2.05) is 28.8 Å². The Hall–Kier alpha value is -2.54. The van der Waals surface area contributed by atoms with Crippen LogP contribution in [0.5, 0.6) is 0 Å². The molecule has 3 fully saturated rings. The van der Waals surface area contributed by atoms with Crippen molar-refractivity contribution in [2.24, 2.45) is 13.0 Å². The number of nitrogens with zero attached hydrogens (tertiary/aromatic N) is 5. The number of Topliss-reactive ketones (excluding diaryl/α,β-unsaturated/α-hetero) is 1. The lowest BCUT2D eigenvalue weighted by Gasteiger charge is -2.36. The molecule has 0 aliphatic carbocycles. The van der Waals surface area contributed by atoms with E-state index in [2.05, 4.69) is 14.9 Å². The van der Waals surface area contributed by atoms with Crippen molar-refractivity contribution in [1.29, 1.82) is 0 Å². The highest BCUT2D eigenvalue weighted by molar-refractivity contribution is 5.94. The number of aryl methyl sites for hydroxylation is 1. The summed E-state index contributed by atoms with van der Waals surface area (Å²) in [5.41, 5.74) is 2.31. The molecule has 3 aliphatic heterocycles. The van der Waals surface area contributed by atoms with Crippen LogP contribution in [0.3, 0.4) is 0 Å². The van der Waals surface area contributed by atoms with Crippen molar-refractivity contribution >= 4 is 11.7 Å². The quantitative estimate of drug-likeness (QED) is 0.770. The first kappa shape index (κ1) is 17.9. The maximum atomic E-state index is 12.8. The summed E-state index contributed by atoms with van der Waals surface area (Å²) in [5.74, 6) is 0.534. The molecule has 5 heterocycles. The molecular formula is C20H25N5O2. The fourth-order valence-electron chi connectivity index (χ4n) is 4.28. The number of hydrogen-bond donors (Lipinski definition) is 0. The summed E-state index contributed by atoms with van der Waals surface area (Å²) >= 11 is 0. The Labute approximate surface area is 159 Å². The molecule has 7 heteroatoms. The second-order valence-corrected chi connectivity index (χ2v) is 7.71. The Morgan fingerprint density at radius 3 is 2.74 bits per heavy atom. The van der Waals surface area contributed by atoms with Gasteiger partial charge in [-0.2, -0.15) is 0 Å². The topological polar surface area (TPSA) is 71.3 Å². The summed E-state index contributed by atoms with van der Waals surface area (Å²) in [6.07, 6.45) is 8.84. The third kappa shape index (κ3) is 3.64. The van der Waals surface area contributed by atoms with Crippen LogP contribution in [0.4, 0.5) is 0 Å². The van der Waals surface area contributed by atoms with E-state index in [9.17, 15) is 9.59 Å². The summed E-state index contributed by atoms with van der Waals surface area (Å²) in [6.45, 7) is 4.88. The van der Waals surface area contributed by atoms with Crippen molar-refractivity contribution in [3.05, 3.63) is 47.8 Å². The van der Waals surface area contributed by atoms with Crippen LogP contribution in [0.1, 0.15) is 46.3 Å². The lowest BCUT2D eigenvalue weighted by Crippen LogP contribution is -2.44. The van der Waals surface area contributed by atoms with Crippen molar-refractivity contribution in [2.45, 2.75) is 32.4 Å². The number of piperidine rings is 1. The van der Waals surface area contributed by atoms with E-state index in [0.29, 0.717) is 17.7 Å². The summed E-state index contributed by atoms with van der Waals surface area (Å²) < 4.78 is 2.04. The molecule has 2 atom stereocenters. The Kier molecular flexibility index (Phi) is 4.78. The van der Waals surface area contributed by atoms with Crippen molar-refractivity contribution < 1.29 is 9.59 Å². The molecular weight excluding hydrogens is 342 g/mol. The molecule has 0 saturated carbocycles. The molecule has 2 aromatic heterocycles. The average molecular weight is 367 g/mol. The van der Waals surface area contributed by atoms with Crippen LogP contribution in [0, 0.1) is 5.92 Å². The maximum absolute atomic E-state index is 12.8. The molecule has 5 rings (SSSR count). The van der Waals surface area contributed by atoms with Gasteiger partial charge in [0.1, 0.15) is 5.69 Å². The molecule has 0 spiro atoms. The Morgan fingerprint density at radius 2 is 2.04 bits per heavy atom. The number of fused-ring (bicyclic) bond motifs is 4. The van der Waals surface area contributed by atoms with Crippen LogP contribution in [0.25, 0.3) is 0 Å². The third-order valence-electron chi connectivity index (χ3n) is 5.78. The van der Waals surface area contributed by atoms with Crippen molar-refractivity contribution in [3.63, 3.8) is 0 Å². The molecule has 3 aliphatic rings. The second-order valence-electron chi connectivity index (χ2n) is 7.71. The second kappa shape index (κ2) is 7.23. The van der Waals surface area contributed by atoms with Crippen LogP contribution in [-0.2, 0) is 13.6 Å². The first-order valence-corrected chi connectivity index (χ1v) is 9.47. The molecule has 142 valence electrons. The molecule has 0 unspecified atom stereocenters. The van der Waals surface area contributed by atoms with E-state index < -0.39 is 0 Å². The fourth-order valence-corrected chi connectivity index (χ4v) is 4.28. The van der Waals surface area contributed by atoms with Gasteiger partial charge in [-0.1, -0.05) is 0 Å². The number of ketones is 1. The SMILES string of the molecule is CC(=O)c1cc(CN2C[C@@H]3CC[C@H]2CN(C(=O)c2cnccn2)C3)n(C)c1. The van der Waals surface area contributed by atoms with E-state index in [4.69, 9.17) is 0 Å². The zero-order chi connectivity index (χ0) is 19.0. The molecule has 0 radical (unpaired) electrons. The van der Waals surface area contributed by atoms with E-state index in [0.717, 1.165) is 50.3 Å². The predicted octanol–water partition coefficient (Wildman–Crippen LogP) is 1.75. The minimum atomic E-state index is -0.0282. The highest BCUT2D eigenvalue weighted by Gasteiger charge is 2.37. The summed E-state index contributed by atoms with van der Waals surface area (Å²) in [4.78, 5) is 37.1. The van der Waals surface area contributed by atoms with Gasteiger partial charge in [0.05, 0.1) is 6.20 Å². The Balaban J connectivity index is 1.50. The average Bonchev–Trinajstić information content (AvgIpc) is 2.84. The standard InChI is InChI=1S/C20H25N5O2/c1-14(26)16-7-18(23(2)11-16)13-24-9-15-3-4-17(24)12-25(10-15)20(27)19-8-21-5-6-22-19/h5-8,11,15,17H,3-4,9-10,12-13H2,1-2H3/t15-,17-/m0/s1. The third-order valence-corrected chi connectivity index (χ3v) is 5.78. The van der Waals surface area contributed by atoms with Crippen LogP contribution >= 0.6 is 0 Å². The predicted molar refractivity (Wildman–Crippen MR) is 100 cm³/mol. The van der Waals surface area contributed by atoms with Crippen molar-refractivity contribution in [1.82, 2.24) is 24.3 Å². The van der Waals surface area contributed by atoms with E-state index in [-0.39, 0.29) is 11.7 Å². The lowest BCUT2D eigenvalue weighted by molar-refractivity contribution is 0.0728. The number of carbonyl (C=O) groups excluding carboxylic acids is 2. The molecule has 0 N–H and O–H groups in total. The minimum absolute atomic E-state index is 0.0282. The molecule has 7 nitrogen and oxygen atoms in total. The van der Waals surface area contributed by atoms with Gasteiger partial charge in [0.15, 0.2) is 5.78 Å². The Bertz CT molecular complexity index is 847. The van der Waals surface area contributed by atoms with Gasteiger partial charge in [-0.3, -0.25) is 19.5 Å². The molecule has 0 aromatic carbocycles. The molecule has 27 heavy (non-hydrogen) atoms. The number of carbonyl (C=O) groups is 2. The van der Waals surface area contributed by atoms with Crippen LogP contribution < -0.4 is 0 Å². The van der Waals surface area contributed by atoms with Crippen LogP contribution in [0.15, 0.2) is 30.9 Å². The highest BCUT2D eigenvalue weighted by atomic mass is 16.2. The van der Waals surface area contributed by atoms with Gasteiger partial charge in [-0.05, 0) is 31.7 Å². The number of rotatable bonds is 4. The number of aromatic nitrogens is 3. The zero-order valence-corrected chi connectivity index (χ0v) is 15.8. The minimum Gasteiger partial charge on any atom is -0.353 e. The van der Waals surface area contributed by atoms with E-state index in [1.54, 1.807) is 25.5 Å². The van der Waals surface area contributed by atoms with Gasteiger partial charge >= 0.3 is 0 Å². The van der Waals surface area contributed by atoms with Gasteiger partial charge in [-0.15, -0.1) is 0 Å². The van der Waals surface area contributed by atoms with Gasteiger partial charge in [0, 0.05) is 69.1 Å². The maximum Gasteiger partial charge on any atom is 0.274 e. The summed E-state index contributed by atoms with van der Waals surface area (Å²) in [6, 6.07) is 2.32. The van der Waals surface area contributed by atoms with Gasteiger partial charge in [0.2, 0.25) is 0 Å². The van der Waals surface area contributed by atoms with E-state index >= 15 is 0 Å². The normalized spacial score (nSPS) is 22.7. The fraction of sp³-hybridized carbons (Fsp3) is 0.500.